The average molecular weight is 282 g/mol. The lowest BCUT2D eigenvalue weighted by Gasteiger charge is -2.45. The largest absolute Gasteiger partial charge is 0.387 e. The second kappa shape index (κ2) is 5.77. The lowest BCUT2D eigenvalue weighted by molar-refractivity contribution is -0.358. The van der Waals surface area contributed by atoms with Crippen LogP contribution in [0.1, 0.15) is 11.9 Å². The van der Waals surface area contributed by atoms with Gasteiger partial charge in [-0.1, -0.05) is 30.3 Å². The highest BCUT2D eigenvalue weighted by Crippen LogP contribution is 2.33. The van der Waals surface area contributed by atoms with Gasteiger partial charge in [-0.3, -0.25) is 0 Å². The van der Waals surface area contributed by atoms with Crippen molar-refractivity contribution in [1.82, 2.24) is 0 Å². The van der Waals surface area contributed by atoms with Crippen molar-refractivity contribution in [3.63, 3.8) is 0 Å². The molecule has 0 aliphatic carbocycles. The van der Waals surface area contributed by atoms with Crippen molar-refractivity contribution in [1.29, 1.82) is 0 Å². The zero-order valence-electron chi connectivity index (χ0n) is 11.1. The third-order valence-corrected chi connectivity index (χ3v) is 3.64. The second-order valence-corrected chi connectivity index (χ2v) is 4.94. The number of ether oxygens (including phenoxy) is 4. The summed E-state index contributed by atoms with van der Waals surface area (Å²) in [6, 6.07) is 9.45. The molecule has 6 nitrogen and oxygen atoms in total. The van der Waals surface area contributed by atoms with Crippen LogP contribution in [-0.2, 0) is 18.9 Å². The summed E-state index contributed by atoms with van der Waals surface area (Å²) in [6.07, 6.45) is -4.76. The van der Waals surface area contributed by atoms with Crippen molar-refractivity contribution in [2.45, 2.75) is 37.0 Å². The Bertz CT molecular complexity index is 437. The van der Waals surface area contributed by atoms with Crippen LogP contribution in [-0.4, -0.2) is 54.6 Å². The summed E-state index contributed by atoms with van der Waals surface area (Å²) in [4.78, 5) is 0. The SMILES string of the molecule is CO[C@H]1O[C@@H]2COC(c3ccccc3)O[C@H]2[C@H](O)[C@@H]1O. The topological polar surface area (TPSA) is 77.4 Å². The van der Waals surface area contributed by atoms with Gasteiger partial charge in [-0.15, -0.1) is 0 Å². The molecule has 0 spiro atoms. The Hall–Kier alpha value is -1.02. The highest BCUT2D eigenvalue weighted by Gasteiger charge is 2.48. The number of fused-ring (bicyclic) bond motifs is 1. The van der Waals surface area contributed by atoms with Gasteiger partial charge in [-0.25, -0.2) is 0 Å². The number of aliphatic hydroxyl groups excluding tert-OH is 2. The van der Waals surface area contributed by atoms with E-state index in [1.807, 2.05) is 30.3 Å². The molecule has 2 aliphatic heterocycles. The molecule has 2 heterocycles. The molecule has 2 aliphatic rings. The van der Waals surface area contributed by atoms with Gasteiger partial charge in [0.15, 0.2) is 12.6 Å². The number of rotatable bonds is 2. The summed E-state index contributed by atoms with van der Waals surface area (Å²) >= 11 is 0. The highest BCUT2D eigenvalue weighted by molar-refractivity contribution is 5.16. The van der Waals surface area contributed by atoms with E-state index in [0.29, 0.717) is 0 Å². The van der Waals surface area contributed by atoms with Crippen LogP contribution in [0.25, 0.3) is 0 Å². The van der Waals surface area contributed by atoms with Gasteiger partial charge in [0.1, 0.15) is 24.4 Å². The first-order chi connectivity index (χ1) is 9.70. The van der Waals surface area contributed by atoms with Crippen molar-refractivity contribution in [3.05, 3.63) is 35.9 Å². The minimum atomic E-state index is -1.14. The molecule has 0 radical (unpaired) electrons. The molecule has 2 fully saturated rings. The molecule has 1 unspecified atom stereocenters. The number of aliphatic hydroxyl groups is 2. The predicted octanol–water partition coefficient (Wildman–Crippen LogP) is 0.194. The molecule has 6 heteroatoms. The number of hydrogen-bond acceptors (Lipinski definition) is 6. The van der Waals surface area contributed by atoms with Gasteiger partial charge in [0.25, 0.3) is 0 Å². The number of benzene rings is 1. The van der Waals surface area contributed by atoms with E-state index in [2.05, 4.69) is 0 Å². The first-order valence-electron chi connectivity index (χ1n) is 6.57. The summed E-state index contributed by atoms with van der Waals surface area (Å²) in [5, 5.41) is 20.1. The Morgan fingerprint density at radius 3 is 2.55 bits per heavy atom. The molecule has 20 heavy (non-hydrogen) atoms. The van der Waals surface area contributed by atoms with E-state index in [4.69, 9.17) is 18.9 Å². The van der Waals surface area contributed by atoms with E-state index in [1.165, 1.54) is 7.11 Å². The third-order valence-electron chi connectivity index (χ3n) is 3.64. The molecule has 6 atom stereocenters. The quantitative estimate of drug-likeness (QED) is 0.806. The number of methoxy groups -OCH3 is 1. The van der Waals surface area contributed by atoms with Gasteiger partial charge >= 0.3 is 0 Å². The summed E-state index contributed by atoms with van der Waals surface area (Å²) in [7, 11) is 1.41. The summed E-state index contributed by atoms with van der Waals surface area (Å²) in [5.74, 6) is 0. The smallest absolute Gasteiger partial charge is 0.186 e. The second-order valence-electron chi connectivity index (χ2n) is 4.94. The molecule has 2 saturated heterocycles. The Kier molecular flexibility index (Phi) is 4.02. The Morgan fingerprint density at radius 1 is 1.10 bits per heavy atom. The van der Waals surface area contributed by atoms with E-state index in [-0.39, 0.29) is 6.61 Å². The van der Waals surface area contributed by atoms with Crippen LogP contribution in [0.2, 0.25) is 0 Å². The van der Waals surface area contributed by atoms with Gasteiger partial charge in [0, 0.05) is 12.7 Å². The molecule has 0 amide bonds. The molecule has 3 rings (SSSR count). The average Bonchev–Trinajstić information content (AvgIpc) is 2.51. The standard InChI is InChI=1S/C14H18O6/c1-17-14-11(16)10(15)12-9(19-14)7-18-13(20-12)8-5-3-2-4-6-8/h2-6,9-16H,7H2,1H3/t9-,10-,11+,12-,13?,14+/m1/s1. The molecule has 0 saturated carbocycles. The van der Waals surface area contributed by atoms with E-state index in [0.717, 1.165) is 5.56 Å². The van der Waals surface area contributed by atoms with Crippen molar-refractivity contribution in [2.24, 2.45) is 0 Å². The predicted molar refractivity (Wildman–Crippen MR) is 67.7 cm³/mol. The van der Waals surface area contributed by atoms with Crippen molar-refractivity contribution in [3.8, 4) is 0 Å². The number of hydrogen-bond donors (Lipinski definition) is 2. The zero-order chi connectivity index (χ0) is 14.1. The van der Waals surface area contributed by atoms with Crippen molar-refractivity contribution < 1.29 is 29.2 Å². The van der Waals surface area contributed by atoms with Gasteiger partial charge in [0.05, 0.1) is 6.61 Å². The van der Waals surface area contributed by atoms with Gasteiger partial charge in [0.2, 0.25) is 0 Å². The molecule has 1 aromatic carbocycles. The van der Waals surface area contributed by atoms with Crippen molar-refractivity contribution in [2.75, 3.05) is 13.7 Å². The normalized spacial score (nSPS) is 41.1. The van der Waals surface area contributed by atoms with E-state index in [9.17, 15) is 10.2 Å². The zero-order valence-corrected chi connectivity index (χ0v) is 11.1. The first-order valence-corrected chi connectivity index (χ1v) is 6.57. The van der Waals surface area contributed by atoms with E-state index < -0.39 is 37.0 Å². The summed E-state index contributed by atoms with van der Waals surface area (Å²) < 4.78 is 21.9. The molecule has 0 aromatic heterocycles. The van der Waals surface area contributed by atoms with E-state index in [1.54, 1.807) is 0 Å². The van der Waals surface area contributed by atoms with Gasteiger partial charge in [-0.2, -0.15) is 0 Å². The van der Waals surface area contributed by atoms with Crippen LogP contribution in [0.5, 0.6) is 0 Å². The van der Waals surface area contributed by atoms with Crippen LogP contribution >= 0.6 is 0 Å². The lowest BCUT2D eigenvalue weighted by atomic mass is 9.98. The van der Waals surface area contributed by atoms with Gasteiger partial charge in [-0.05, 0) is 0 Å². The van der Waals surface area contributed by atoms with Crippen LogP contribution in [0.3, 0.4) is 0 Å². The minimum Gasteiger partial charge on any atom is -0.387 e. The van der Waals surface area contributed by atoms with Crippen LogP contribution in [0, 0.1) is 0 Å². The van der Waals surface area contributed by atoms with Crippen LogP contribution < -0.4 is 0 Å². The Morgan fingerprint density at radius 2 is 1.85 bits per heavy atom. The maximum absolute atomic E-state index is 10.1. The Balaban J connectivity index is 1.74. The summed E-state index contributed by atoms with van der Waals surface area (Å²) in [5.41, 5.74) is 0.863. The molecule has 110 valence electrons. The first kappa shape index (κ1) is 13.9. The minimum absolute atomic E-state index is 0.272. The molecular formula is C14H18O6. The van der Waals surface area contributed by atoms with Gasteiger partial charge < -0.3 is 29.2 Å². The molecule has 2 N–H and O–H groups in total. The molecular weight excluding hydrogens is 264 g/mol. The van der Waals surface area contributed by atoms with Crippen molar-refractivity contribution >= 4 is 0 Å². The van der Waals surface area contributed by atoms with Crippen LogP contribution in [0.4, 0.5) is 0 Å². The fourth-order valence-corrected chi connectivity index (χ4v) is 2.55. The maximum atomic E-state index is 10.1. The summed E-state index contributed by atoms with van der Waals surface area (Å²) in [6.45, 7) is 0.272. The monoisotopic (exact) mass is 282 g/mol. The molecule has 0 bridgehead atoms. The Labute approximate surface area is 116 Å². The maximum Gasteiger partial charge on any atom is 0.186 e. The van der Waals surface area contributed by atoms with Crippen LogP contribution in [0.15, 0.2) is 30.3 Å². The third kappa shape index (κ3) is 2.46. The molecule has 1 aromatic rings. The van der Waals surface area contributed by atoms with E-state index >= 15 is 0 Å². The fraction of sp³-hybridized carbons (Fsp3) is 0.571. The highest BCUT2D eigenvalue weighted by atomic mass is 16.7. The lowest BCUT2D eigenvalue weighted by Crippen LogP contribution is -2.62. The fourth-order valence-electron chi connectivity index (χ4n) is 2.55.